The second-order valence-electron chi connectivity index (χ2n) is 3.82. The van der Waals surface area contributed by atoms with E-state index in [1.807, 2.05) is 29.1 Å². The van der Waals surface area contributed by atoms with Gasteiger partial charge in [-0.15, -0.1) is 0 Å². The number of hydrogen-bond acceptors (Lipinski definition) is 3. The molecule has 1 aliphatic heterocycles. The number of para-hydroxylation sites is 1. The van der Waals surface area contributed by atoms with Crippen LogP contribution in [0.1, 0.15) is 5.56 Å². The van der Waals surface area contributed by atoms with E-state index in [9.17, 15) is 9.90 Å². The van der Waals surface area contributed by atoms with Gasteiger partial charge in [0.15, 0.2) is 0 Å². The summed E-state index contributed by atoms with van der Waals surface area (Å²) < 4.78 is 0. The van der Waals surface area contributed by atoms with E-state index in [0.717, 1.165) is 18.3 Å². The van der Waals surface area contributed by atoms with Gasteiger partial charge in [-0.05, 0) is 18.1 Å². The SMILES string of the molecule is O=C[B]N1C[C@H](CO)Cc2ccccc21. The lowest BCUT2D eigenvalue weighted by Crippen LogP contribution is -2.40. The Balaban J connectivity index is 2.29. The summed E-state index contributed by atoms with van der Waals surface area (Å²) in [4.78, 5) is 12.4. The molecule has 0 aromatic heterocycles. The standard InChI is InChI=1S/C11H13BNO2/c14-7-9-5-10-3-1-2-4-11(10)13(6-9)12-8-15/h1-4,8-9,14H,5-7H2/t9-/m1/s1. The summed E-state index contributed by atoms with van der Waals surface area (Å²) in [5.74, 6) is 0.219. The van der Waals surface area contributed by atoms with Crippen molar-refractivity contribution in [3.63, 3.8) is 0 Å². The Morgan fingerprint density at radius 1 is 1.53 bits per heavy atom. The highest BCUT2D eigenvalue weighted by molar-refractivity contribution is 6.70. The molecule has 77 valence electrons. The molecule has 0 aliphatic carbocycles. The van der Waals surface area contributed by atoms with Crippen LogP contribution in [0.2, 0.25) is 0 Å². The predicted octanol–water partition coefficient (Wildman–Crippen LogP) is 0.467. The van der Waals surface area contributed by atoms with Crippen LogP contribution in [0.3, 0.4) is 0 Å². The fraction of sp³-hybridized carbons (Fsp3) is 0.364. The number of benzene rings is 1. The van der Waals surface area contributed by atoms with Crippen molar-refractivity contribution in [1.82, 2.24) is 0 Å². The van der Waals surface area contributed by atoms with Crippen molar-refractivity contribution >= 4 is 19.3 Å². The zero-order chi connectivity index (χ0) is 10.7. The summed E-state index contributed by atoms with van der Waals surface area (Å²) in [6.07, 6.45) is 1.67. The molecule has 1 heterocycles. The summed E-state index contributed by atoms with van der Waals surface area (Å²) in [5.41, 5.74) is 2.27. The van der Waals surface area contributed by atoms with Crippen molar-refractivity contribution in [2.24, 2.45) is 5.92 Å². The van der Waals surface area contributed by atoms with Crippen LogP contribution < -0.4 is 4.81 Å². The van der Waals surface area contributed by atoms with E-state index in [1.165, 1.54) is 13.0 Å². The number of fused-ring (bicyclic) bond motifs is 1. The van der Waals surface area contributed by atoms with Crippen molar-refractivity contribution in [2.45, 2.75) is 6.42 Å². The monoisotopic (exact) mass is 202 g/mol. The number of hydrogen-bond donors (Lipinski definition) is 1. The van der Waals surface area contributed by atoms with E-state index in [1.54, 1.807) is 0 Å². The molecule has 1 aromatic carbocycles. The zero-order valence-electron chi connectivity index (χ0n) is 8.47. The summed E-state index contributed by atoms with van der Waals surface area (Å²) in [7, 11) is 1.53. The Labute approximate surface area is 90.0 Å². The van der Waals surface area contributed by atoms with Gasteiger partial charge in [0, 0.05) is 24.8 Å². The first-order valence-corrected chi connectivity index (χ1v) is 5.09. The fourth-order valence-corrected chi connectivity index (χ4v) is 2.05. The molecular formula is C11H13BNO2. The third-order valence-electron chi connectivity index (χ3n) is 2.76. The number of carbonyl (C=O) groups excluding carboxylic acids is 1. The fourth-order valence-electron chi connectivity index (χ4n) is 2.05. The molecule has 15 heavy (non-hydrogen) atoms. The summed E-state index contributed by atoms with van der Waals surface area (Å²) in [6.45, 7) is 0.879. The van der Waals surface area contributed by atoms with Gasteiger partial charge in [0.05, 0.1) is 0 Å². The minimum atomic E-state index is 0.164. The average molecular weight is 202 g/mol. The highest BCUT2D eigenvalue weighted by Gasteiger charge is 2.23. The normalized spacial score (nSPS) is 19.5. The molecule has 0 saturated carbocycles. The molecule has 0 spiro atoms. The van der Waals surface area contributed by atoms with Crippen LogP contribution in [0.25, 0.3) is 0 Å². The quantitative estimate of drug-likeness (QED) is 0.572. The summed E-state index contributed by atoms with van der Waals surface area (Å²) in [5, 5.41) is 9.17. The van der Waals surface area contributed by atoms with Crippen LogP contribution in [-0.4, -0.2) is 31.9 Å². The summed E-state index contributed by atoms with van der Waals surface area (Å²) >= 11 is 0. The van der Waals surface area contributed by atoms with Crippen LogP contribution >= 0.6 is 0 Å². The van der Waals surface area contributed by atoms with Gasteiger partial charge in [-0.25, -0.2) is 0 Å². The first kappa shape index (κ1) is 10.2. The van der Waals surface area contributed by atoms with Crippen LogP contribution in [0, 0.1) is 5.92 Å². The highest BCUT2D eigenvalue weighted by atomic mass is 16.3. The number of aliphatic hydroxyl groups is 1. The van der Waals surface area contributed by atoms with Gasteiger partial charge in [0.25, 0.3) is 0 Å². The Morgan fingerprint density at radius 2 is 2.33 bits per heavy atom. The van der Waals surface area contributed by atoms with Crippen LogP contribution in [-0.2, 0) is 11.2 Å². The molecule has 3 nitrogen and oxygen atoms in total. The lowest BCUT2D eigenvalue weighted by atomic mass is 9.84. The van der Waals surface area contributed by atoms with E-state index < -0.39 is 0 Å². The van der Waals surface area contributed by atoms with E-state index in [4.69, 9.17) is 0 Å². The van der Waals surface area contributed by atoms with Gasteiger partial charge in [-0.2, -0.15) is 0 Å². The minimum Gasteiger partial charge on any atom is -0.412 e. The third-order valence-corrected chi connectivity index (χ3v) is 2.76. The maximum atomic E-state index is 10.5. The Morgan fingerprint density at radius 3 is 3.07 bits per heavy atom. The lowest BCUT2D eigenvalue weighted by molar-refractivity contribution is 0.227. The maximum Gasteiger partial charge on any atom is 0.328 e. The number of anilines is 1. The van der Waals surface area contributed by atoms with Crippen LogP contribution in [0.15, 0.2) is 24.3 Å². The Kier molecular flexibility index (Phi) is 3.06. The van der Waals surface area contributed by atoms with Crippen molar-refractivity contribution in [3.05, 3.63) is 29.8 Å². The number of aliphatic hydroxyl groups excluding tert-OH is 1. The minimum absolute atomic E-state index is 0.164. The van der Waals surface area contributed by atoms with Crippen molar-refractivity contribution in [2.75, 3.05) is 18.0 Å². The van der Waals surface area contributed by atoms with Crippen molar-refractivity contribution in [3.8, 4) is 0 Å². The smallest absolute Gasteiger partial charge is 0.328 e. The van der Waals surface area contributed by atoms with Crippen LogP contribution in [0.4, 0.5) is 5.69 Å². The van der Waals surface area contributed by atoms with Gasteiger partial charge in [0.2, 0.25) is 0 Å². The predicted molar refractivity (Wildman–Crippen MR) is 60.6 cm³/mol. The van der Waals surface area contributed by atoms with E-state index in [-0.39, 0.29) is 12.5 Å². The molecule has 1 atom stereocenters. The molecule has 1 aliphatic rings. The molecular weight excluding hydrogens is 189 g/mol. The number of rotatable bonds is 3. The first-order valence-electron chi connectivity index (χ1n) is 5.09. The highest BCUT2D eigenvalue weighted by Crippen LogP contribution is 2.28. The van der Waals surface area contributed by atoms with Crippen LogP contribution in [0.5, 0.6) is 0 Å². The van der Waals surface area contributed by atoms with Gasteiger partial charge in [-0.1, -0.05) is 18.2 Å². The number of nitrogens with zero attached hydrogens (tertiary/aromatic N) is 1. The molecule has 0 saturated heterocycles. The van der Waals surface area contributed by atoms with E-state index in [2.05, 4.69) is 0 Å². The van der Waals surface area contributed by atoms with Crippen molar-refractivity contribution in [1.29, 1.82) is 0 Å². The van der Waals surface area contributed by atoms with Gasteiger partial charge in [0.1, 0.15) is 6.19 Å². The van der Waals surface area contributed by atoms with Gasteiger partial charge in [-0.3, -0.25) is 0 Å². The molecule has 1 aromatic rings. The average Bonchev–Trinajstić information content (AvgIpc) is 2.29. The third kappa shape index (κ3) is 2.05. The molecule has 1 radical (unpaired) electrons. The van der Waals surface area contributed by atoms with Crippen molar-refractivity contribution < 1.29 is 9.90 Å². The molecule has 0 fully saturated rings. The lowest BCUT2D eigenvalue weighted by Gasteiger charge is -2.34. The second kappa shape index (κ2) is 4.49. The molecule has 1 N–H and O–H groups in total. The molecule has 0 bridgehead atoms. The molecule has 4 heteroatoms. The van der Waals surface area contributed by atoms with Gasteiger partial charge >= 0.3 is 7.41 Å². The molecule has 2 rings (SSSR count). The summed E-state index contributed by atoms with van der Waals surface area (Å²) in [6, 6.07) is 7.99. The van der Waals surface area contributed by atoms with Gasteiger partial charge < -0.3 is 14.7 Å². The molecule has 0 amide bonds. The number of carbonyl (C=O) groups is 1. The Hall–Kier alpha value is -1.29. The molecule has 0 unspecified atom stereocenters. The topological polar surface area (TPSA) is 40.5 Å². The maximum absolute atomic E-state index is 10.5. The second-order valence-corrected chi connectivity index (χ2v) is 3.82. The first-order chi connectivity index (χ1) is 7.35. The van der Waals surface area contributed by atoms with E-state index >= 15 is 0 Å². The Bertz CT molecular complexity index is 356. The largest absolute Gasteiger partial charge is 0.412 e. The zero-order valence-corrected chi connectivity index (χ0v) is 8.47. The van der Waals surface area contributed by atoms with E-state index in [0.29, 0.717) is 6.54 Å².